The lowest BCUT2D eigenvalue weighted by Gasteiger charge is -2.41. The molecule has 0 amide bonds. The van der Waals surface area contributed by atoms with E-state index in [1.165, 1.54) is 122 Å². The number of aryl methyl sites for hydroxylation is 2. The molecule has 4 aliphatic rings. The molecule has 7 aromatic rings. The summed E-state index contributed by atoms with van der Waals surface area (Å²) in [6.45, 7) is 21.7. The van der Waals surface area contributed by atoms with Gasteiger partial charge in [0.1, 0.15) is 0 Å². The third-order valence-corrected chi connectivity index (χ3v) is 17.0. The van der Waals surface area contributed by atoms with Crippen LogP contribution in [0.3, 0.4) is 0 Å². The summed E-state index contributed by atoms with van der Waals surface area (Å²) in [4.78, 5) is 2.67. The quantitative estimate of drug-likeness (QED) is 0.0974. The summed E-state index contributed by atoms with van der Waals surface area (Å²) in [5.41, 5.74) is 19.5. The minimum atomic E-state index is -0.0366. The van der Waals surface area contributed by atoms with Crippen molar-refractivity contribution >= 4 is 111 Å². The Morgan fingerprint density at radius 3 is 2.36 bits per heavy atom. The van der Waals surface area contributed by atoms with Gasteiger partial charge >= 0.3 is 0 Å². The van der Waals surface area contributed by atoms with Crippen molar-refractivity contribution in [2.24, 2.45) is 0 Å². The fraction of sp³-hybridized carbons (Fsp3) is 0.333. The summed E-state index contributed by atoms with van der Waals surface area (Å²) >= 11 is 4.82. The Bertz CT molecular complexity index is 3060. The van der Waals surface area contributed by atoms with Crippen LogP contribution in [-0.2, 0) is 20.7 Å². The number of hydrogen-bond donors (Lipinski definition) is 0. The van der Waals surface area contributed by atoms with Crippen LogP contribution in [0.25, 0.3) is 43.7 Å². The Morgan fingerprint density at radius 2 is 1.59 bits per heavy atom. The molecule has 0 radical (unpaired) electrons. The van der Waals surface area contributed by atoms with Crippen LogP contribution in [0.4, 0.5) is 17.1 Å². The number of benzene rings is 5. The highest BCUT2D eigenvalue weighted by Gasteiger charge is 2.45. The number of fused-ring (bicyclic) bond motifs is 14. The summed E-state index contributed by atoms with van der Waals surface area (Å²) in [6, 6.07) is 36.8. The largest absolute Gasteiger partial charge is 0.311 e. The minimum Gasteiger partial charge on any atom is -0.311 e. The van der Waals surface area contributed by atoms with Crippen LogP contribution in [-0.4, -0.2) is 11.3 Å². The first kappa shape index (κ1) is 37.9. The SMILES string of the molecule is CCC(C)c1ccc(N2c3cc(C)cc4c3B(c3sc5cc6c(cc5c32)C(C)(I)CCC6(C)C)c2cc(C(C)(C)C)c3cc2n-4c2ccccc2c2cc3CCC=2)cc1. The molecule has 2 atom stereocenters. The highest BCUT2D eigenvalue weighted by molar-refractivity contribution is 14.1. The monoisotopic (exact) mass is 900 g/mol. The van der Waals surface area contributed by atoms with E-state index in [2.05, 4.69) is 203 Å². The van der Waals surface area contributed by atoms with Gasteiger partial charge in [-0.25, -0.2) is 0 Å². The smallest absolute Gasteiger partial charge is 0.264 e. The topological polar surface area (TPSA) is 8.17 Å². The van der Waals surface area contributed by atoms with Crippen LogP contribution >= 0.6 is 33.9 Å². The second-order valence-corrected chi connectivity index (χ2v) is 23.6. The van der Waals surface area contributed by atoms with Crippen LogP contribution in [0.5, 0.6) is 0 Å². The third-order valence-electron chi connectivity index (χ3n) is 14.6. The van der Waals surface area contributed by atoms with Crippen molar-refractivity contribution in [2.75, 3.05) is 4.90 Å². The van der Waals surface area contributed by atoms with Gasteiger partial charge in [-0.05, 0) is 166 Å². The van der Waals surface area contributed by atoms with Gasteiger partial charge in [-0.15, -0.1) is 11.3 Å². The molecule has 59 heavy (non-hydrogen) atoms. The minimum absolute atomic E-state index is 0.0366. The number of nitrogens with zero attached hydrogens (tertiary/aromatic N) is 2. The molecule has 4 heterocycles. The first-order chi connectivity index (χ1) is 28.1. The fourth-order valence-corrected chi connectivity index (χ4v) is 13.2. The van der Waals surface area contributed by atoms with Gasteiger partial charge in [-0.1, -0.05) is 120 Å². The zero-order valence-corrected chi connectivity index (χ0v) is 39.1. The second-order valence-electron chi connectivity index (χ2n) is 20.1. The van der Waals surface area contributed by atoms with Crippen LogP contribution in [0, 0.1) is 6.92 Å². The second kappa shape index (κ2) is 13.0. The molecule has 2 aliphatic heterocycles. The predicted octanol–water partition coefficient (Wildman–Crippen LogP) is 13.0. The maximum Gasteiger partial charge on any atom is 0.264 e. The number of rotatable bonds is 3. The van der Waals surface area contributed by atoms with Crippen molar-refractivity contribution in [1.82, 2.24) is 4.57 Å². The van der Waals surface area contributed by atoms with Crippen molar-refractivity contribution in [2.45, 2.75) is 115 Å². The van der Waals surface area contributed by atoms with E-state index in [-0.39, 0.29) is 21.0 Å². The zero-order valence-electron chi connectivity index (χ0n) is 36.1. The number of thiophene rings is 1. The van der Waals surface area contributed by atoms with E-state index in [1.54, 1.807) is 0 Å². The molecule has 2 aliphatic carbocycles. The molecule has 5 aromatic carbocycles. The molecule has 4 bridgehead atoms. The Kier molecular flexibility index (Phi) is 8.33. The Balaban J connectivity index is 1.34. The van der Waals surface area contributed by atoms with E-state index in [0.717, 1.165) is 19.3 Å². The van der Waals surface area contributed by atoms with Crippen molar-refractivity contribution in [3.05, 3.63) is 130 Å². The lowest BCUT2D eigenvalue weighted by atomic mass is 9.36. The highest BCUT2D eigenvalue weighted by atomic mass is 127. The molecule has 0 fully saturated rings. The third kappa shape index (κ3) is 5.55. The summed E-state index contributed by atoms with van der Waals surface area (Å²) in [7, 11) is 0. The molecule has 2 unspecified atom stereocenters. The molecule has 0 N–H and O–H groups in total. The standard InChI is InChI=1S/C54H54BIN2S/c1-10-32(3)33-18-20-36(21-19-33)57-46-24-31(2)25-47-49(46)55(51-50(57)39-27-42-41(30-48(39)59-51)53(7,8)22-23-54(42,9)56)43-29-40(52(4,5)6)38-28-45(43)58(47)44-17-12-11-16-37(44)34-14-13-15-35(38)26-34/h11-12,14,16-21,24-30,32H,10,13,15,22-23H2,1-9H3. The van der Waals surface area contributed by atoms with E-state index >= 15 is 0 Å². The van der Waals surface area contributed by atoms with Crippen molar-refractivity contribution < 1.29 is 0 Å². The maximum atomic E-state index is 2.76. The summed E-state index contributed by atoms with van der Waals surface area (Å²) < 4.78 is 5.62. The average Bonchev–Trinajstić information content (AvgIpc) is 3.60. The predicted molar refractivity (Wildman–Crippen MR) is 267 cm³/mol. The Morgan fingerprint density at radius 1 is 0.831 bits per heavy atom. The highest BCUT2D eigenvalue weighted by Crippen LogP contribution is 2.53. The zero-order chi connectivity index (χ0) is 40.9. The van der Waals surface area contributed by atoms with Crippen LogP contribution < -0.4 is 25.8 Å². The molecule has 0 saturated carbocycles. The molecule has 0 saturated heterocycles. The molecular formula is C54H54BIN2S. The fourth-order valence-electron chi connectivity index (χ4n) is 11.1. The molecule has 0 spiro atoms. The van der Waals surface area contributed by atoms with Gasteiger partial charge in [-0.3, -0.25) is 0 Å². The Labute approximate surface area is 368 Å². The number of hydrogen-bond acceptors (Lipinski definition) is 2. The van der Waals surface area contributed by atoms with Gasteiger partial charge < -0.3 is 9.47 Å². The summed E-state index contributed by atoms with van der Waals surface area (Å²) in [5, 5.41) is 5.48. The average molecular weight is 901 g/mol. The van der Waals surface area contributed by atoms with Crippen molar-refractivity contribution in [3.8, 4) is 5.69 Å². The van der Waals surface area contributed by atoms with Crippen LogP contribution in [0.15, 0.2) is 91.0 Å². The van der Waals surface area contributed by atoms with Gasteiger partial charge in [0.25, 0.3) is 6.71 Å². The number of anilines is 3. The molecular weight excluding hydrogens is 846 g/mol. The molecule has 2 aromatic heterocycles. The van der Waals surface area contributed by atoms with E-state index in [0.29, 0.717) is 5.92 Å². The summed E-state index contributed by atoms with van der Waals surface area (Å²) in [6.07, 6.45) is 8.13. The van der Waals surface area contributed by atoms with Gasteiger partial charge in [0.2, 0.25) is 0 Å². The first-order valence-corrected chi connectivity index (χ1v) is 23.9. The lowest BCUT2D eigenvalue weighted by Crippen LogP contribution is -2.59. The molecule has 11 rings (SSSR count). The van der Waals surface area contributed by atoms with Gasteiger partial charge in [0.05, 0.1) is 11.2 Å². The number of aromatic nitrogens is 1. The van der Waals surface area contributed by atoms with Crippen molar-refractivity contribution in [3.63, 3.8) is 0 Å². The van der Waals surface area contributed by atoms with Crippen LogP contribution in [0.1, 0.15) is 120 Å². The lowest BCUT2D eigenvalue weighted by molar-refractivity contribution is 0.395. The van der Waals surface area contributed by atoms with Gasteiger partial charge in [-0.2, -0.15) is 0 Å². The van der Waals surface area contributed by atoms with Gasteiger partial charge in [0.15, 0.2) is 0 Å². The van der Waals surface area contributed by atoms with Crippen molar-refractivity contribution in [1.29, 1.82) is 0 Å². The van der Waals surface area contributed by atoms with E-state index in [1.807, 2.05) is 0 Å². The van der Waals surface area contributed by atoms with Crippen LogP contribution in [0.2, 0.25) is 0 Å². The maximum absolute atomic E-state index is 2.76. The van der Waals surface area contributed by atoms with Gasteiger partial charge in [0, 0.05) is 46.2 Å². The summed E-state index contributed by atoms with van der Waals surface area (Å²) in [5.74, 6) is 0.523. The van der Waals surface area contributed by atoms with E-state index in [9.17, 15) is 0 Å². The number of halogens is 1. The number of alkyl halides is 1. The van der Waals surface area contributed by atoms with E-state index < -0.39 is 0 Å². The first-order valence-electron chi connectivity index (χ1n) is 22.0. The molecule has 296 valence electrons. The Hall–Kier alpha value is -4.07. The molecule has 2 nitrogen and oxygen atoms in total. The number of para-hydroxylation sites is 1. The molecule has 5 heteroatoms. The van der Waals surface area contributed by atoms with E-state index in [4.69, 9.17) is 0 Å². The normalized spacial score (nSPS) is 19.0.